The van der Waals surface area contributed by atoms with E-state index in [-0.39, 0.29) is 0 Å². The molecule has 1 atom stereocenters. The molecule has 0 rings (SSSR count). The van der Waals surface area contributed by atoms with Crippen molar-refractivity contribution in [3.8, 4) is 0 Å². The number of nitrogens with one attached hydrogen (secondary N) is 1. The van der Waals surface area contributed by atoms with Crippen LogP contribution in [-0.2, 0) is 11.4 Å². The lowest BCUT2D eigenvalue weighted by atomic mass is 10.6. The summed E-state index contributed by atoms with van der Waals surface area (Å²) in [7, 11) is 1.67. The first-order chi connectivity index (χ1) is 3.31. The highest BCUT2D eigenvalue weighted by molar-refractivity contribution is 7.89. The van der Waals surface area contributed by atoms with Gasteiger partial charge in [-0.1, -0.05) is 0 Å². The van der Waals surface area contributed by atoms with Gasteiger partial charge in [0.25, 0.3) is 0 Å². The minimum absolute atomic E-state index is 0.649. The highest BCUT2D eigenvalue weighted by Crippen LogP contribution is 1.83. The minimum Gasteiger partial charge on any atom is -0.598 e. The fourth-order valence-corrected chi connectivity index (χ4v) is 0.699. The Labute approximate surface area is 47.6 Å². The summed E-state index contributed by atoms with van der Waals surface area (Å²) in [5, 5.41) is 0. The van der Waals surface area contributed by atoms with Crippen LogP contribution in [-0.4, -0.2) is 17.4 Å². The topological polar surface area (TPSA) is 35.1 Å². The Kier molecular flexibility index (Phi) is 4.60. The van der Waals surface area contributed by atoms with Crippen molar-refractivity contribution in [1.82, 2.24) is 4.72 Å². The summed E-state index contributed by atoms with van der Waals surface area (Å²) in [4.78, 5) is 0. The number of hydrogen-bond acceptors (Lipinski definition) is 2. The van der Waals surface area contributed by atoms with Gasteiger partial charge in [0.2, 0.25) is 0 Å². The minimum atomic E-state index is -0.840. The highest BCUT2D eigenvalue weighted by Gasteiger charge is 1.95. The molecular formula is C4H10NOS. The van der Waals surface area contributed by atoms with E-state index in [0.29, 0.717) is 5.75 Å². The molecule has 0 aromatic rings. The van der Waals surface area contributed by atoms with Gasteiger partial charge in [0.1, 0.15) is 5.75 Å². The summed E-state index contributed by atoms with van der Waals surface area (Å²) in [5.74, 6) is 0.649. The van der Waals surface area contributed by atoms with E-state index in [4.69, 9.17) is 0 Å². The number of rotatable bonds is 3. The van der Waals surface area contributed by atoms with Gasteiger partial charge < -0.3 is 4.55 Å². The van der Waals surface area contributed by atoms with Crippen molar-refractivity contribution >= 4 is 11.4 Å². The van der Waals surface area contributed by atoms with E-state index in [1.54, 1.807) is 7.05 Å². The lowest BCUT2D eigenvalue weighted by Gasteiger charge is -2.03. The Bertz CT molecular complexity index is 42.7. The molecule has 0 fully saturated rings. The monoisotopic (exact) mass is 120 g/mol. The SMILES string of the molecule is [CH2]CC[S+]([O-])NC. The van der Waals surface area contributed by atoms with Gasteiger partial charge in [-0.3, -0.25) is 0 Å². The molecule has 1 unspecified atom stereocenters. The first kappa shape index (κ1) is 7.27. The van der Waals surface area contributed by atoms with Crippen molar-refractivity contribution in [2.24, 2.45) is 0 Å². The Morgan fingerprint density at radius 3 is 2.57 bits per heavy atom. The third-order valence-electron chi connectivity index (χ3n) is 0.557. The van der Waals surface area contributed by atoms with Crippen LogP contribution in [0.2, 0.25) is 0 Å². The maximum atomic E-state index is 10.4. The van der Waals surface area contributed by atoms with Crippen LogP contribution in [0.1, 0.15) is 6.42 Å². The van der Waals surface area contributed by atoms with Crippen LogP contribution < -0.4 is 4.72 Å². The Morgan fingerprint density at radius 1 is 1.86 bits per heavy atom. The molecule has 43 valence electrons. The third-order valence-corrected chi connectivity index (χ3v) is 1.67. The average molecular weight is 120 g/mol. The highest BCUT2D eigenvalue weighted by atomic mass is 32.2. The largest absolute Gasteiger partial charge is 0.598 e. The van der Waals surface area contributed by atoms with Crippen molar-refractivity contribution in [3.63, 3.8) is 0 Å². The molecule has 0 aromatic carbocycles. The van der Waals surface area contributed by atoms with E-state index in [9.17, 15) is 4.55 Å². The molecule has 1 radical (unpaired) electrons. The lowest BCUT2D eigenvalue weighted by molar-refractivity contribution is 0.587. The molecule has 1 N–H and O–H groups in total. The predicted octanol–water partition coefficient (Wildman–Crippen LogP) is 0.0937. The van der Waals surface area contributed by atoms with Crippen molar-refractivity contribution in [2.75, 3.05) is 12.8 Å². The van der Waals surface area contributed by atoms with Crippen molar-refractivity contribution in [3.05, 3.63) is 6.92 Å². The number of hydrogen-bond donors (Lipinski definition) is 1. The lowest BCUT2D eigenvalue weighted by Crippen LogP contribution is -2.21. The smallest absolute Gasteiger partial charge is 0.125 e. The fourth-order valence-electron chi connectivity index (χ4n) is 0.233. The Balaban J connectivity index is 2.83. The second kappa shape index (κ2) is 4.43. The average Bonchev–Trinajstić information content (AvgIpc) is 1.68. The normalized spacial score (nSPS) is 14.1. The van der Waals surface area contributed by atoms with Crippen LogP contribution in [0.3, 0.4) is 0 Å². The summed E-state index contributed by atoms with van der Waals surface area (Å²) in [5.41, 5.74) is 0. The van der Waals surface area contributed by atoms with E-state index in [1.165, 1.54) is 0 Å². The zero-order chi connectivity index (χ0) is 5.70. The molecule has 0 aliphatic rings. The summed E-state index contributed by atoms with van der Waals surface area (Å²) >= 11 is -0.840. The van der Waals surface area contributed by atoms with Gasteiger partial charge in [-0.15, -0.1) is 4.72 Å². The van der Waals surface area contributed by atoms with E-state index >= 15 is 0 Å². The van der Waals surface area contributed by atoms with Gasteiger partial charge in [0.05, 0.1) is 0 Å². The summed E-state index contributed by atoms with van der Waals surface area (Å²) in [6.45, 7) is 3.54. The summed E-state index contributed by atoms with van der Waals surface area (Å²) in [6, 6.07) is 0. The van der Waals surface area contributed by atoms with Crippen LogP contribution in [0.4, 0.5) is 0 Å². The molecule has 7 heavy (non-hydrogen) atoms. The molecule has 0 bridgehead atoms. The molecule has 3 heteroatoms. The van der Waals surface area contributed by atoms with E-state index in [2.05, 4.69) is 11.6 Å². The molecule has 2 nitrogen and oxygen atoms in total. The maximum absolute atomic E-state index is 10.4. The van der Waals surface area contributed by atoms with E-state index in [0.717, 1.165) is 6.42 Å². The predicted molar refractivity (Wildman–Crippen MR) is 32.0 cm³/mol. The Hall–Kier alpha value is 0.270. The standard InChI is InChI=1S/C4H10NOS/c1-3-4-7(6)5-2/h5H,1,3-4H2,2H3. The molecule has 0 saturated carbocycles. The third kappa shape index (κ3) is 4.12. The molecule has 0 aromatic heterocycles. The van der Waals surface area contributed by atoms with Crippen molar-refractivity contribution < 1.29 is 4.55 Å². The molecule has 0 aliphatic carbocycles. The Morgan fingerprint density at radius 2 is 2.43 bits per heavy atom. The molecule has 0 heterocycles. The van der Waals surface area contributed by atoms with E-state index in [1.807, 2.05) is 0 Å². The van der Waals surface area contributed by atoms with Gasteiger partial charge in [-0.2, -0.15) is 0 Å². The second-order valence-electron chi connectivity index (χ2n) is 1.11. The molecule has 0 amide bonds. The van der Waals surface area contributed by atoms with Gasteiger partial charge in [0.15, 0.2) is 0 Å². The fraction of sp³-hybridized carbons (Fsp3) is 0.750. The first-order valence-corrected chi connectivity index (χ1v) is 3.48. The van der Waals surface area contributed by atoms with Gasteiger partial charge in [-0.25, -0.2) is 0 Å². The van der Waals surface area contributed by atoms with Crippen LogP contribution in [0.25, 0.3) is 0 Å². The van der Waals surface area contributed by atoms with E-state index < -0.39 is 11.4 Å². The maximum Gasteiger partial charge on any atom is 0.125 e. The summed E-state index contributed by atoms with van der Waals surface area (Å²) < 4.78 is 13.0. The first-order valence-electron chi connectivity index (χ1n) is 2.16. The van der Waals surface area contributed by atoms with Gasteiger partial charge in [0, 0.05) is 18.4 Å². The second-order valence-corrected chi connectivity index (χ2v) is 2.61. The molecule has 0 spiro atoms. The van der Waals surface area contributed by atoms with Crippen molar-refractivity contribution in [2.45, 2.75) is 6.42 Å². The van der Waals surface area contributed by atoms with Crippen molar-refractivity contribution in [1.29, 1.82) is 0 Å². The van der Waals surface area contributed by atoms with Crippen LogP contribution >= 0.6 is 0 Å². The molecule has 0 saturated heterocycles. The van der Waals surface area contributed by atoms with Gasteiger partial charge >= 0.3 is 0 Å². The zero-order valence-corrected chi connectivity index (χ0v) is 5.25. The summed E-state index contributed by atoms with van der Waals surface area (Å²) in [6.07, 6.45) is 0.730. The molecule has 0 aliphatic heterocycles. The van der Waals surface area contributed by atoms with Crippen LogP contribution in [0.15, 0.2) is 0 Å². The molecular weight excluding hydrogens is 110 g/mol. The van der Waals surface area contributed by atoms with Crippen LogP contribution in [0, 0.1) is 6.92 Å². The zero-order valence-electron chi connectivity index (χ0n) is 4.44. The van der Waals surface area contributed by atoms with Crippen LogP contribution in [0.5, 0.6) is 0 Å². The quantitative estimate of drug-likeness (QED) is 0.536. The van der Waals surface area contributed by atoms with Gasteiger partial charge in [-0.05, 0) is 13.3 Å².